The predicted octanol–water partition coefficient (Wildman–Crippen LogP) is -3.62. The molecule has 0 heterocycles. The van der Waals surface area contributed by atoms with E-state index in [2.05, 4.69) is 0 Å². The third kappa shape index (κ3) is 4.26. The zero-order valence-corrected chi connectivity index (χ0v) is 6.33. The highest BCUT2D eigenvalue weighted by Gasteiger charge is 2.10. The topological polar surface area (TPSA) is 109 Å². The number of aliphatic carboxylic acids is 2. The van der Waals surface area contributed by atoms with Crippen molar-refractivity contribution in [1.82, 2.24) is 5.32 Å². The second kappa shape index (κ2) is 4.32. The lowest BCUT2D eigenvalue weighted by Gasteiger charge is -2.18. The number of nitrogens with one attached hydrogen (secondary N) is 1. The van der Waals surface area contributed by atoms with Crippen LogP contribution in [0.3, 0.4) is 0 Å². The fourth-order valence-corrected chi connectivity index (χ4v) is 0.605. The highest BCUT2D eigenvalue weighted by Crippen LogP contribution is 1.88. The van der Waals surface area contributed by atoms with E-state index in [1.165, 1.54) is 0 Å². The Labute approximate surface area is 68.2 Å². The number of hydrogen-bond donors (Lipinski definition) is 1. The summed E-state index contributed by atoms with van der Waals surface area (Å²) in [6.07, 6.45) is -0.790. The molecule has 1 unspecified atom stereocenters. The van der Waals surface area contributed by atoms with Crippen molar-refractivity contribution in [3.63, 3.8) is 0 Å². The number of hydrogen-bond acceptors (Lipinski definition) is 5. The molecule has 0 saturated carbocycles. The van der Waals surface area contributed by atoms with Gasteiger partial charge in [-0.1, -0.05) is 0 Å². The SMILES string of the molecule is CC(=O)NC(CC(=O)[O-])C(=O)[O-]. The first-order chi connectivity index (χ1) is 5.43. The smallest absolute Gasteiger partial charge is 0.217 e. The first-order valence-corrected chi connectivity index (χ1v) is 3.11. The van der Waals surface area contributed by atoms with Crippen molar-refractivity contribution >= 4 is 17.8 Å². The van der Waals surface area contributed by atoms with Gasteiger partial charge in [-0.25, -0.2) is 0 Å². The zero-order valence-electron chi connectivity index (χ0n) is 6.33. The maximum Gasteiger partial charge on any atom is 0.217 e. The molecule has 6 nitrogen and oxygen atoms in total. The minimum atomic E-state index is -1.64. The lowest BCUT2D eigenvalue weighted by molar-refractivity contribution is -0.317. The number of carboxylic acids is 2. The molecule has 12 heavy (non-hydrogen) atoms. The van der Waals surface area contributed by atoms with Crippen LogP contribution in [0, 0.1) is 0 Å². The number of amides is 1. The molecule has 0 radical (unpaired) electrons. The number of rotatable bonds is 4. The number of carbonyl (C=O) groups excluding carboxylic acids is 3. The average Bonchev–Trinajstić information content (AvgIpc) is 1.83. The van der Waals surface area contributed by atoms with Crippen LogP contribution in [-0.2, 0) is 14.4 Å². The molecule has 0 aromatic rings. The second-order valence-electron chi connectivity index (χ2n) is 2.15. The van der Waals surface area contributed by atoms with Crippen molar-refractivity contribution < 1.29 is 24.6 Å². The first kappa shape index (κ1) is 10.4. The van der Waals surface area contributed by atoms with Gasteiger partial charge in [-0.05, 0) is 0 Å². The summed E-state index contributed by atoms with van der Waals surface area (Å²) >= 11 is 0. The van der Waals surface area contributed by atoms with E-state index < -0.39 is 30.3 Å². The number of carboxylic acid groups (broad SMARTS) is 2. The Morgan fingerprint density at radius 2 is 1.83 bits per heavy atom. The Morgan fingerprint density at radius 3 is 2.08 bits per heavy atom. The van der Waals surface area contributed by atoms with Gasteiger partial charge >= 0.3 is 0 Å². The predicted molar refractivity (Wildman–Crippen MR) is 32.2 cm³/mol. The molecule has 68 valence electrons. The summed E-state index contributed by atoms with van der Waals surface area (Å²) in [6, 6.07) is -1.52. The summed E-state index contributed by atoms with van der Waals surface area (Å²) in [5, 5.41) is 22.0. The van der Waals surface area contributed by atoms with Crippen molar-refractivity contribution in [3.8, 4) is 0 Å². The molecule has 0 aliphatic heterocycles. The Kier molecular flexibility index (Phi) is 3.75. The Hall–Kier alpha value is -1.59. The zero-order chi connectivity index (χ0) is 9.72. The molecule has 6 heteroatoms. The third-order valence-corrected chi connectivity index (χ3v) is 1.03. The van der Waals surface area contributed by atoms with E-state index in [1.807, 2.05) is 5.32 Å². The van der Waals surface area contributed by atoms with Gasteiger partial charge in [0.05, 0.1) is 12.0 Å². The van der Waals surface area contributed by atoms with Gasteiger partial charge in [0.15, 0.2) is 0 Å². The highest BCUT2D eigenvalue weighted by atomic mass is 16.4. The summed E-state index contributed by atoms with van der Waals surface area (Å²) in [5.74, 6) is -3.84. The van der Waals surface area contributed by atoms with Gasteiger partial charge in [-0.2, -0.15) is 0 Å². The Balaban J connectivity index is 4.14. The lowest BCUT2D eigenvalue weighted by Crippen LogP contribution is -2.49. The summed E-state index contributed by atoms with van der Waals surface area (Å²) in [6.45, 7) is 1.07. The molecular formula is C6H7NO5-2. The molecule has 0 aliphatic rings. The molecule has 0 aliphatic carbocycles. The van der Waals surface area contributed by atoms with E-state index >= 15 is 0 Å². The normalized spacial score (nSPS) is 11.8. The maximum absolute atomic E-state index is 10.3. The fourth-order valence-electron chi connectivity index (χ4n) is 0.605. The highest BCUT2D eigenvalue weighted by molar-refractivity contribution is 5.84. The van der Waals surface area contributed by atoms with Gasteiger partial charge in [-0.3, -0.25) is 4.79 Å². The van der Waals surface area contributed by atoms with Crippen LogP contribution < -0.4 is 15.5 Å². The monoisotopic (exact) mass is 173 g/mol. The quantitative estimate of drug-likeness (QED) is 0.472. The third-order valence-electron chi connectivity index (χ3n) is 1.03. The van der Waals surface area contributed by atoms with E-state index in [9.17, 15) is 24.6 Å². The van der Waals surface area contributed by atoms with Gasteiger partial charge in [0.25, 0.3) is 0 Å². The van der Waals surface area contributed by atoms with E-state index in [0.29, 0.717) is 0 Å². The standard InChI is InChI=1S/C6H9NO5/c1-3(8)7-4(6(11)12)2-5(9)10/h4H,2H2,1H3,(H,7,8)(H,9,10)(H,11,12)/p-2. The van der Waals surface area contributed by atoms with Gasteiger partial charge in [0.2, 0.25) is 5.91 Å². The van der Waals surface area contributed by atoms with Gasteiger partial charge < -0.3 is 25.1 Å². The van der Waals surface area contributed by atoms with E-state index in [0.717, 1.165) is 6.92 Å². The fraction of sp³-hybridized carbons (Fsp3) is 0.500. The van der Waals surface area contributed by atoms with Crippen molar-refractivity contribution in [3.05, 3.63) is 0 Å². The molecule has 0 fully saturated rings. The molecule has 0 aromatic carbocycles. The minimum absolute atomic E-state index is 0.634. The van der Waals surface area contributed by atoms with Crippen molar-refractivity contribution in [2.24, 2.45) is 0 Å². The summed E-state index contributed by atoms with van der Waals surface area (Å²) in [4.78, 5) is 30.4. The molecule has 1 amide bonds. The molecule has 0 spiro atoms. The molecule has 1 N–H and O–H groups in total. The van der Waals surface area contributed by atoms with Crippen LogP contribution in [0.15, 0.2) is 0 Å². The van der Waals surface area contributed by atoms with Gasteiger partial charge in [0, 0.05) is 19.3 Å². The Bertz CT molecular complexity index is 196. The summed E-state index contributed by atoms with van der Waals surface area (Å²) in [5.41, 5.74) is 0. The first-order valence-electron chi connectivity index (χ1n) is 3.11. The Morgan fingerprint density at radius 1 is 1.33 bits per heavy atom. The van der Waals surface area contributed by atoms with Crippen LogP contribution >= 0.6 is 0 Å². The van der Waals surface area contributed by atoms with Crippen molar-refractivity contribution in [2.75, 3.05) is 0 Å². The van der Waals surface area contributed by atoms with Crippen molar-refractivity contribution in [1.29, 1.82) is 0 Å². The average molecular weight is 173 g/mol. The van der Waals surface area contributed by atoms with Crippen LogP contribution in [0.25, 0.3) is 0 Å². The summed E-state index contributed by atoms with van der Waals surface area (Å²) < 4.78 is 0. The van der Waals surface area contributed by atoms with Crippen LogP contribution in [0.5, 0.6) is 0 Å². The summed E-state index contributed by atoms with van der Waals surface area (Å²) in [7, 11) is 0. The van der Waals surface area contributed by atoms with Crippen LogP contribution in [0.1, 0.15) is 13.3 Å². The van der Waals surface area contributed by atoms with Crippen LogP contribution in [0.4, 0.5) is 0 Å². The molecular weight excluding hydrogens is 166 g/mol. The minimum Gasteiger partial charge on any atom is -0.550 e. The lowest BCUT2D eigenvalue weighted by atomic mass is 10.2. The maximum atomic E-state index is 10.3. The second-order valence-corrected chi connectivity index (χ2v) is 2.15. The molecule has 0 aromatic heterocycles. The van der Waals surface area contributed by atoms with E-state index in [4.69, 9.17) is 0 Å². The molecule has 0 saturated heterocycles. The number of carbonyl (C=O) groups is 3. The molecule has 1 atom stereocenters. The van der Waals surface area contributed by atoms with E-state index in [1.54, 1.807) is 0 Å². The molecule has 0 rings (SSSR count). The van der Waals surface area contributed by atoms with Crippen molar-refractivity contribution in [2.45, 2.75) is 19.4 Å². The van der Waals surface area contributed by atoms with Gasteiger partial charge in [0.1, 0.15) is 0 Å². The van der Waals surface area contributed by atoms with Crippen LogP contribution in [0.2, 0.25) is 0 Å². The van der Waals surface area contributed by atoms with Gasteiger partial charge in [-0.15, -0.1) is 0 Å². The van der Waals surface area contributed by atoms with Crippen LogP contribution in [-0.4, -0.2) is 23.9 Å². The largest absolute Gasteiger partial charge is 0.550 e. The van der Waals surface area contributed by atoms with E-state index in [-0.39, 0.29) is 0 Å². The molecule has 0 bridgehead atoms.